The molecular formula is C29H34N4O10. The van der Waals surface area contributed by atoms with Crippen LogP contribution in [0.25, 0.3) is 0 Å². The summed E-state index contributed by atoms with van der Waals surface area (Å²) in [5.41, 5.74) is 4.15. The Morgan fingerprint density at radius 3 is 2.35 bits per heavy atom. The number of hydrogen-bond acceptors (Lipinski definition) is 11. The molecule has 3 rings (SSSR count). The van der Waals surface area contributed by atoms with Gasteiger partial charge in [0.1, 0.15) is 0 Å². The number of amides is 3. The number of benzene rings is 2. The van der Waals surface area contributed by atoms with E-state index in [1.54, 1.807) is 57.2 Å². The predicted octanol–water partition coefficient (Wildman–Crippen LogP) is 2.37. The molecule has 3 amide bonds. The van der Waals surface area contributed by atoms with Crippen LogP contribution in [-0.4, -0.2) is 70.7 Å². The molecule has 14 heteroatoms. The molecule has 0 saturated carbocycles. The first kappa shape index (κ1) is 32.2. The third-order valence-electron chi connectivity index (χ3n) is 5.89. The molecule has 0 spiro atoms. The standard InChI is InChI=1S/C29H34N4O10/c1-6-40-23-12-18(8-10-21(23)43-16-25(35)39-5)14-30-33-24(34)15-42-20-11-9-19(13-22(20)38-4)27-26(28(36)41-7-2)17(3)31-29(37)32-27/h8-14,27H,6-7,15-16H2,1-5H3,(H,33,34)(H2,31,32,37)/b30-14-/t27-/m1/s1. The van der Waals surface area contributed by atoms with E-state index in [0.717, 1.165) is 0 Å². The van der Waals surface area contributed by atoms with Crippen molar-refractivity contribution < 1.29 is 47.6 Å². The van der Waals surface area contributed by atoms with Crippen molar-refractivity contribution >= 4 is 30.1 Å². The molecule has 0 aliphatic carbocycles. The van der Waals surface area contributed by atoms with Gasteiger partial charge in [0.15, 0.2) is 36.2 Å². The molecule has 1 heterocycles. The van der Waals surface area contributed by atoms with Crippen LogP contribution >= 0.6 is 0 Å². The molecule has 0 fully saturated rings. The van der Waals surface area contributed by atoms with Gasteiger partial charge in [-0.15, -0.1) is 0 Å². The number of rotatable bonds is 14. The molecule has 230 valence electrons. The number of carbonyl (C=O) groups is 4. The van der Waals surface area contributed by atoms with Gasteiger partial charge in [0, 0.05) is 5.70 Å². The molecule has 2 aromatic carbocycles. The summed E-state index contributed by atoms with van der Waals surface area (Å²) in [6.45, 7) is 4.99. The summed E-state index contributed by atoms with van der Waals surface area (Å²) < 4.78 is 31.8. The lowest BCUT2D eigenvalue weighted by atomic mass is 9.95. The third-order valence-corrected chi connectivity index (χ3v) is 5.89. The zero-order valence-corrected chi connectivity index (χ0v) is 24.5. The second-order valence-corrected chi connectivity index (χ2v) is 8.79. The second kappa shape index (κ2) is 15.7. The number of methoxy groups -OCH3 is 2. The maximum atomic E-state index is 12.6. The minimum absolute atomic E-state index is 0.173. The first-order valence-corrected chi connectivity index (χ1v) is 13.2. The van der Waals surface area contributed by atoms with Crippen LogP contribution in [0.2, 0.25) is 0 Å². The van der Waals surface area contributed by atoms with Gasteiger partial charge < -0.3 is 39.1 Å². The summed E-state index contributed by atoms with van der Waals surface area (Å²) in [4.78, 5) is 48.5. The Morgan fingerprint density at radius 2 is 1.65 bits per heavy atom. The largest absolute Gasteiger partial charge is 0.493 e. The molecule has 1 aliphatic rings. The molecule has 0 unspecified atom stereocenters. The molecule has 14 nitrogen and oxygen atoms in total. The van der Waals surface area contributed by atoms with Gasteiger partial charge in [-0.2, -0.15) is 5.10 Å². The van der Waals surface area contributed by atoms with E-state index in [1.807, 2.05) is 0 Å². The number of nitrogens with zero attached hydrogens (tertiary/aromatic N) is 1. The molecule has 0 bridgehead atoms. The average molecular weight is 599 g/mol. The molecule has 0 radical (unpaired) electrons. The van der Waals surface area contributed by atoms with Gasteiger partial charge in [-0.25, -0.2) is 19.8 Å². The minimum atomic E-state index is -0.787. The minimum Gasteiger partial charge on any atom is -0.493 e. The van der Waals surface area contributed by atoms with Crippen LogP contribution in [0.15, 0.2) is 52.8 Å². The van der Waals surface area contributed by atoms with Gasteiger partial charge in [0.25, 0.3) is 5.91 Å². The number of esters is 2. The van der Waals surface area contributed by atoms with Crippen molar-refractivity contribution in [2.24, 2.45) is 5.10 Å². The number of ether oxygens (including phenoxy) is 6. The molecule has 0 aromatic heterocycles. The Hall–Kier alpha value is -5.27. The van der Waals surface area contributed by atoms with E-state index in [9.17, 15) is 19.2 Å². The van der Waals surface area contributed by atoms with Gasteiger partial charge in [0.05, 0.1) is 45.3 Å². The Bertz CT molecular complexity index is 1410. The molecule has 3 N–H and O–H groups in total. The molecular weight excluding hydrogens is 564 g/mol. The van der Waals surface area contributed by atoms with Gasteiger partial charge in [-0.05, 0) is 62.2 Å². The Kier molecular flexibility index (Phi) is 11.7. The summed E-state index contributed by atoms with van der Waals surface area (Å²) >= 11 is 0. The van der Waals surface area contributed by atoms with Crippen molar-refractivity contribution in [2.75, 3.05) is 40.6 Å². The third kappa shape index (κ3) is 8.86. The smallest absolute Gasteiger partial charge is 0.343 e. The maximum absolute atomic E-state index is 12.6. The van der Waals surface area contributed by atoms with E-state index in [-0.39, 0.29) is 36.9 Å². The summed E-state index contributed by atoms with van der Waals surface area (Å²) in [6.07, 6.45) is 1.41. The summed E-state index contributed by atoms with van der Waals surface area (Å²) in [5, 5.41) is 9.24. The number of hydrogen-bond donors (Lipinski definition) is 3. The van der Waals surface area contributed by atoms with E-state index in [1.165, 1.54) is 20.4 Å². The number of urea groups is 1. The summed E-state index contributed by atoms with van der Waals surface area (Å²) in [7, 11) is 2.69. The molecule has 43 heavy (non-hydrogen) atoms. The lowest BCUT2D eigenvalue weighted by Gasteiger charge is -2.28. The highest BCUT2D eigenvalue weighted by atomic mass is 16.6. The van der Waals surface area contributed by atoms with E-state index < -0.39 is 29.9 Å². The fourth-order valence-corrected chi connectivity index (χ4v) is 3.95. The first-order valence-electron chi connectivity index (χ1n) is 13.2. The SMILES string of the molecule is CCOC(=O)C1=C(C)NC(=O)N[C@@H]1c1ccc(OCC(=O)N/N=C\c2ccc(OCC(=O)OC)c(OCC)c2)c(OC)c1. The van der Waals surface area contributed by atoms with E-state index in [0.29, 0.717) is 34.9 Å². The van der Waals surface area contributed by atoms with E-state index in [4.69, 9.17) is 23.7 Å². The van der Waals surface area contributed by atoms with Crippen LogP contribution in [0.4, 0.5) is 4.79 Å². The predicted molar refractivity (Wildman–Crippen MR) is 153 cm³/mol. The van der Waals surface area contributed by atoms with Crippen LogP contribution in [-0.2, 0) is 23.9 Å². The van der Waals surface area contributed by atoms with Crippen LogP contribution < -0.4 is 35.0 Å². The highest BCUT2D eigenvalue weighted by Gasteiger charge is 2.32. The van der Waals surface area contributed by atoms with Crippen molar-refractivity contribution in [3.05, 3.63) is 58.8 Å². The Labute approximate surface area is 248 Å². The lowest BCUT2D eigenvalue weighted by Crippen LogP contribution is -2.45. The van der Waals surface area contributed by atoms with E-state index >= 15 is 0 Å². The quantitative estimate of drug-likeness (QED) is 0.167. The van der Waals surface area contributed by atoms with Crippen molar-refractivity contribution in [1.29, 1.82) is 0 Å². The van der Waals surface area contributed by atoms with Crippen LogP contribution in [0.1, 0.15) is 37.9 Å². The lowest BCUT2D eigenvalue weighted by molar-refractivity contribution is -0.143. The van der Waals surface area contributed by atoms with Crippen molar-refractivity contribution in [3.8, 4) is 23.0 Å². The van der Waals surface area contributed by atoms with Crippen molar-refractivity contribution in [3.63, 3.8) is 0 Å². The normalized spacial score (nSPS) is 14.3. The number of nitrogens with one attached hydrogen (secondary N) is 3. The van der Waals surface area contributed by atoms with Crippen LogP contribution in [0.5, 0.6) is 23.0 Å². The first-order chi connectivity index (χ1) is 20.7. The highest BCUT2D eigenvalue weighted by Crippen LogP contribution is 2.34. The maximum Gasteiger partial charge on any atom is 0.343 e. The Balaban J connectivity index is 1.64. The molecule has 1 aliphatic heterocycles. The van der Waals surface area contributed by atoms with Gasteiger partial charge in [-0.3, -0.25) is 4.79 Å². The van der Waals surface area contributed by atoms with Crippen molar-refractivity contribution in [2.45, 2.75) is 26.8 Å². The average Bonchev–Trinajstić information content (AvgIpc) is 2.99. The molecule has 1 atom stereocenters. The van der Waals surface area contributed by atoms with Crippen LogP contribution in [0.3, 0.4) is 0 Å². The fourth-order valence-electron chi connectivity index (χ4n) is 3.95. The van der Waals surface area contributed by atoms with Gasteiger partial charge in [0.2, 0.25) is 0 Å². The number of allylic oxidation sites excluding steroid dienone is 1. The van der Waals surface area contributed by atoms with Gasteiger partial charge >= 0.3 is 18.0 Å². The fraction of sp³-hybridized carbons (Fsp3) is 0.345. The summed E-state index contributed by atoms with van der Waals surface area (Å²) in [5.74, 6) is -0.354. The molecule has 0 saturated heterocycles. The number of carbonyl (C=O) groups excluding carboxylic acids is 4. The molecule has 2 aromatic rings. The monoisotopic (exact) mass is 598 g/mol. The van der Waals surface area contributed by atoms with E-state index in [2.05, 4.69) is 25.9 Å². The zero-order chi connectivity index (χ0) is 31.4. The summed E-state index contributed by atoms with van der Waals surface area (Å²) in [6, 6.07) is 8.47. The van der Waals surface area contributed by atoms with Gasteiger partial charge in [-0.1, -0.05) is 6.07 Å². The topological polar surface area (TPSA) is 172 Å². The number of hydrazone groups is 1. The Morgan fingerprint density at radius 1 is 0.930 bits per heavy atom. The zero-order valence-electron chi connectivity index (χ0n) is 24.5. The van der Waals surface area contributed by atoms with Crippen LogP contribution in [0, 0.1) is 0 Å². The second-order valence-electron chi connectivity index (χ2n) is 8.79. The van der Waals surface area contributed by atoms with Crippen molar-refractivity contribution in [1.82, 2.24) is 16.1 Å². The highest BCUT2D eigenvalue weighted by molar-refractivity contribution is 5.95.